The fraction of sp³-hybridized carbons (Fsp3) is 0.320. The normalized spacial score (nSPS) is 16.7. The Hall–Kier alpha value is -3.22. The number of piperidine rings is 1. The molecular formula is C25H24F3N3O. The second-order valence-corrected chi connectivity index (χ2v) is 8.07. The van der Waals surface area contributed by atoms with Crippen molar-refractivity contribution in [1.82, 2.24) is 14.9 Å². The first-order valence-corrected chi connectivity index (χ1v) is 10.7. The summed E-state index contributed by atoms with van der Waals surface area (Å²) in [7, 11) is 0. The minimum absolute atomic E-state index is 0.0164. The summed E-state index contributed by atoms with van der Waals surface area (Å²) >= 11 is 0. The molecule has 0 spiro atoms. The van der Waals surface area contributed by atoms with Gasteiger partial charge >= 0.3 is 6.18 Å². The van der Waals surface area contributed by atoms with E-state index in [0.717, 1.165) is 30.5 Å². The molecule has 7 heteroatoms. The molecule has 1 aromatic heterocycles. The number of hydrogen-bond donors (Lipinski definition) is 0. The lowest BCUT2D eigenvalue weighted by atomic mass is 9.94. The summed E-state index contributed by atoms with van der Waals surface area (Å²) in [5.74, 6) is 0.128. The highest BCUT2D eigenvalue weighted by molar-refractivity contribution is 5.76. The van der Waals surface area contributed by atoms with Gasteiger partial charge in [0.15, 0.2) is 0 Å². The molecule has 1 fully saturated rings. The Kier molecular flexibility index (Phi) is 6.53. The molecule has 0 radical (unpaired) electrons. The van der Waals surface area contributed by atoms with Crippen molar-refractivity contribution >= 4 is 5.91 Å². The topological polar surface area (TPSA) is 46.1 Å². The summed E-state index contributed by atoms with van der Waals surface area (Å²) < 4.78 is 39.2. The number of aromatic nitrogens is 2. The fourth-order valence-corrected chi connectivity index (χ4v) is 4.07. The lowest BCUT2D eigenvalue weighted by molar-refractivity contribution is -0.137. The van der Waals surface area contributed by atoms with E-state index in [1.165, 1.54) is 12.3 Å². The van der Waals surface area contributed by atoms with Crippen LogP contribution in [0.1, 0.15) is 42.0 Å². The third kappa shape index (κ3) is 5.33. The van der Waals surface area contributed by atoms with Crippen LogP contribution >= 0.6 is 0 Å². The number of carbonyl (C=O) groups excluding carboxylic acids is 1. The molecule has 4 nitrogen and oxygen atoms in total. The molecule has 0 saturated carbocycles. The van der Waals surface area contributed by atoms with E-state index < -0.39 is 11.7 Å². The number of rotatable bonds is 5. The van der Waals surface area contributed by atoms with Gasteiger partial charge in [-0.05, 0) is 37.0 Å². The highest BCUT2D eigenvalue weighted by Crippen LogP contribution is 2.32. The molecule has 1 amide bonds. The lowest BCUT2D eigenvalue weighted by Crippen LogP contribution is -2.39. The molecule has 1 atom stereocenters. The minimum atomic E-state index is -4.41. The van der Waals surface area contributed by atoms with Gasteiger partial charge in [0.25, 0.3) is 0 Å². The number of nitrogens with zero attached hydrogens (tertiary/aromatic N) is 3. The van der Waals surface area contributed by atoms with E-state index in [1.54, 1.807) is 12.3 Å². The van der Waals surface area contributed by atoms with E-state index in [-0.39, 0.29) is 11.8 Å². The van der Waals surface area contributed by atoms with Gasteiger partial charge < -0.3 is 4.90 Å². The summed E-state index contributed by atoms with van der Waals surface area (Å²) in [6.45, 7) is 1.26. The zero-order valence-electron chi connectivity index (χ0n) is 17.6. The highest BCUT2D eigenvalue weighted by Gasteiger charge is 2.31. The fourth-order valence-electron chi connectivity index (χ4n) is 4.07. The summed E-state index contributed by atoms with van der Waals surface area (Å²) in [4.78, 5) is 23.5. The van der Waals surface area contributed by atoms with Crippen LogP contribution in [0.3, 0.4) is 0 Å². The first kappa shape index (κ1) is 22.0. The van der Waals surface area contributed by atoms with Crippen LogP contribution in [0.15, 0.2) is 67.0 Å². The van der Waals surface area contributed by atoms with Crippen molar-refractivity contribution in [3.8, 4) is 11.3 Å². The van der Waals surface area contributed by atoms with Crippen LogP contribution in [-0.4, -0.2) is 33.9 Å². The van der Waals surface area contributed by atoms with Crippen molar-refractivity contribution in [1.29, 1.82) is 0 Å². The van der Waals surface area contributed by atoms with Gasteiger partial charge in [0.05, 0.1) is 23.1 Å². The van der Waals surface area contributed by atoms with Gasteiger partial charge in [-0.3, -0.25) is 9.78 Å². The second-order valence-electron chi connectivity index (χ2n) is 8.07. The maximum Gasteiger partial charge on any atom is 0.416 e. The van der Waals surface area contributed by atoms with E-state index in [1.807, 2.05) is 35.2 Å². The summed E-state index contributed by atoms with van der Waals surface area (Å²) in [5, 5.41) is 0. The summed E-state index contributed by atoms with van der Waals surface area (Å²) in [6, 6.07) is 15.0. The molecule has 0 N–H and O–H groups in total. The molecular weight excluding hydrogens is 415 g/mol. The molecule has 0 aliphatic carbocycles. The number of amides is 1. The van der Waals surface area contributed by atoms with E-state index in [2.05, 4.69) is 9.97 Å². The molecule has 2 heterocycles. The Bertz CT molecular complexity index is 1070. The third-order valence-electron chi connectivity index (χ3n) is 5.80. The second kappa shape index (κ2) is 9.51. The number of aryl methyl sites for hydroxylation is 1. The van der Waals surface area contributed by atoms with Crippen LogP contribution in [0, 0.1) is 0 Å². The number of likely N-dealkylation sites (tertiary alicyclic amines) is 1. The Morgan fingerprint density at radius 1 is 1.06 bits per heavy atom. The number of hydrogen-bond acceptors (Lipinski definition) is 3. The summed E-state index contributed by atoms with van der Waals surface area (Å²) in [5.41, 5.74) is 1.91. The van der Waals surface area contributed by atoms with E-state index in [9.17, 15) is 18.0 Å². The van der Waals surface area contributed by atoms with Crippen molar-refractivity contribution in [2.75, 3.05) is 13.1 Å². The van der Waals surface area contributed by atoms with Crippen LogP contribution in [0.25, 0.3) is 11.3 Å². The Labute approximate surface area is 185 Å². The molecule has 1 unspecified atom stereocenters. The van der Waals surface area contributed by atoms with Gasteiger partial charge in [-0.15, -0.1) is 0 Å². The predicted molar refractivity (Wildman–Crippen MR) is 116 cm³/mol. The molecule has 32 heavy (non-hydrogen) atoms. The van der Waals surface area contributed by atoms with E-state index in [4.69, 9.17) is 0 Å². The zero-order valence-corrected chi connectivity index (χ0v) is 17.6. The number of halogens is 3. The minimum Gasteiger partial charge on any atom is -0.342 e. The Morgan fingerprint density at radius 2 is 1.88 bits per heavy atom. The average Bonchev–Trinajstić information content (AvgIpc) is 2.83. The maximum atomic E-state index is 13.1. The van der Waals surface area contributed by atoms with Crippen molar-refractivity contribution in [3.63, 3.8) is 0 Å². The monoisotopic (exact) mass is 439 g/mol. The molecule has 1 aliphatic rings. The number of carbonyl (C=O) groups is 1. The molecule has 0 bridgehead atoms. The standard InChI is InChI=1S/C25H24F3N3O/c26-25(27,28)21-10-4-8-19(14-21)22-15-29-16-23(30-22)20-9-5-13-31(17-20)24(32)12-11-18-6-2-1-3-7-18/h1-4,6-8,10,14-16,20H,5,9,11-13,17H2. The van der Waals surface area contributed by atoms with Gasteiger partial charge in [0.2, 0.25) is 5.91 Å². The molecule has 166 valence electrons. The average molecular weight is 439 g/mol. The van der Waals surface area contributed by atoms with Crippen molar-refractivity contribution in [2.45, 2.75) is 37.8 Å². The molecule has 4 rings (SSSR count). The van der Waals surface area contributed by atoms with E-state index >= 15 is 0 Å². The van der Waals surface area contributed by atoms with Crippen LogP contribution in [0.5, 0.6) is 0 Å². The van der Waals surface area contributed by atoms with Crippen molar-refractivity contribution in [2.24, 2.45) is 0 Å². The number of alkyl halides is 3. The van der Waals surface area contributed by atoms with E-state index in [0.29, 0.717) is 42.9 Å². The van der Waals surface area contributed by atoms with Gasteiger partial charge in [-0.2, -0.15) is 13.2 Å². The van der Waals surface area contributed by atoms with Gasteiger partial charge in [0.1, 0.15) is 0 Å². The first-order valence-electron chi connectivity index (χ1n) is 10.7. The molecule has 3 aromatic rings. The Morgan fingerprint density at radius 3 is 2.66 bits per heavy atom. The predicted octanol–water partition coefficient (Wildman–Crippen LogP) is 5.50. The molecule has 1 saturated heterocycles. The van der Waals surface area contributed by atoms with Gasteiger partial charge in [0, 0.05) is 37.2 Å². The van der Waals surface area contributed by atoms with Crippen LogP contribution in [0.2, 0.25) is 0 Å². The zero-order chi connectivity index (χ0) is 22.6. The number of benzene rings is 2. The largest absolute Gasteiger partial charge is 0.416 e. The first-order chi connectivity index (χ1) is 15.4. The Balaban J connectivity index is 1.45. The summed E-state index contributed by atoms with van der Waals surface area (Å²) in [6.07, 6.45) is 1.59. The van der Waals surface area contributed by atoms with Crippen molar-refractivity contribution < 1.29 is 18.0 Å². The maximum absolute atomic E-state index is 13.1. The van der Waals surface area contributed by atoms with Crippen LogP contribution < -0.4 is 0 Å². The third-order valence-corrected chi connectivity index (χ3v) is 5.80. The smallest absolute Gasteiger partial charge is 0.342 e. The van der Waals surface area contributed by atoms with Crippen LogP contribution in [-0.2, 0) is 17.4 Å². The van der Waals surface area contributed by atoms with Gasteiger partial charge in [-0.1, -0.05) is 42.5 Å². The molecule has 1 aliphatic heterocycles. The molecule has 2 aromatic carbocycles. The lowest BCUT2D eigenvalue weighted by Gasteiger charge is -2.32. The van der Waals surface area contributed by atoms with Gasteiger partial charge in [-0.25, -0.2) is 4.98 Å². The van der Waals surface area contributed by atoms with Crippen molar-refractivity contribution in [3.05, 3.63) is 83.8 Å². The highest BCUT2D eigenvalue weighted by atomic mass is 19.4. The SMILES string of the molecule is O=C(CCc1ccccc1)N1CCCC(c2cncc(-c3cccc(C(F)(F)F)c3)n2)C1. The van der Waals surface area contributed by atoms with Crippen LogP contribution in [0.4, 0.5) is 13.2 Å². The quantitative estimate of drug-likeness (QED) is 0.527.